The monoisotopic (exact) mass is 517 g/mol. The van der Waals surface area contributed by atoms with Gasteiger partial charge in [-0.3, -0.25) is 10.1 Å². The first-order valence-corrected chi connectivity index (χ1v) is 13.7. The fourth-order valence-corrected chi connectivity index (χ4v) is 5.81. The van der Waals surface area contributed by atoms with Crippen LogP contribution in [0.3, 0.4) is 0 Å². The summed E-state index contributed by atoms with van der Waals surface area (Å²) in [7, 11) is 0. The second-order valence-corrected chi connectivity index (χ2v) is 11.4. The van der Waals surface area contributed by atoms with Crippen LogP contribution in [0.5, 0.6) is 0 Å². The topological polar surface area (TPSA) is 81.6 Å². The molecule has 1 spiro atoms. The summed E-state index contributed by atoms with van der Waals surface area (Å²) in [5.41, 5.74) is 2.62. The van der Waals surface area contributed by atoms with Crippen molar-refractivity contribution in [3.05, 3.63) is 35.5 Å². The van der Waals surface area contributed by atoms with Gasteiger partial charge in [0.15, 0.2) is 0 Å². The molecule has 1 saturated carbocycles. The van der Waals surface area contributed by atoms with E-state index in [1.54, 1.807) is 24.8 Å². The molecule has 2 saturated heterocycles. The first-order chi connectivity index (χ1) is 17.3. The van der Waals surface area contributed by atoms with Crippen molar-refractivity contribution in [1.82, 2.24) is 9.97 Å². The van der Waals surface area contributed by atoms with Crippen molar-refractivity contribution >= 4 is 35.1 Å². The van der Waals surface area contributed by atoms with Gasteiger partial charge in [-0.2, -0.15) is 4.98 Å². The zero-order valence-corrected chi connectivity index (χ0v) is 21.4. The van der Waals surface area contributed by atoms with Gasteiger partial charge in [-0.25, -0.2) is 13.8 Å². The molecule has 1 aromatic heterocycles. The van der Waals surface area contributed by atoms with Crippen LogP contribution in [0.2, 0.25) is 0 Å². The highest BCUT2D eigenvalue weighted by molar-refractivity contribution is 7.99. The Morgan fingerprint density at radius 1 is 1.03 bits per heavy atom. The highest BCUT2D eigenvalue weighted by Crippen LogP contribution is 2.54. The number of anilines is 3. The second-order valence-electron chi connectivity index (χ2n) is 10.2. The number of nitrogens with one attached hydrogen (secondary N) is 1. The Bertz CT molecular complexity index is 1110. The van der Waals surface area contributed by atoms with Crippen molar-refractivity contribution in [3.8, 4) is 0 Å². The Kier molecular flexibility index (Phi) is 7.09. The van der Waals surface area contributed by atoms with E-state index in [2.05, 4.69) is 20.2 Å². The van der Waals surface area contributed by atoms with Crippen molar-refractivity contribution in [2.24, 2.45) is 5.41 Å². The molecule has 7 nitrogen and oxygen atoms in total. The third kappa shape index (κ3) is 5.75. The summed E-state index contributed by atoms with van der Waals surface area (Å²) in [6.07, 6.45) is 4.48. The normalized spacial score (nSPS) is 20.4. The number of aliphatic hydroxyl groups excluding tert-OH is 1. The van der Waals surface area contributed by atoms with E-state index in [0.717, 1.165) is 36.5 Å². The number of benzene rings is 1. The minimum Gasteiger partial charge on any atom is -0.396 e. The maximum atomic E-state index is 13.6. The Labute approximate surface area is 214 Å². The molecule has 0 atom stereocenters. The van der Waals surface area contributed by atoms with Crippen LogP contribution in [0.15, 0.2) is 29.2 Å². The Morgan fingerprint density at radius 2 is 1.72 bits per heavy atom. The molecule has 2 N–H and O–H groups in total. The number of hydrogen-bond acceptors (Lipinski definition) is 7. The van der Waals surface area contributed by atoms with Crippen molar-refractivity contribution in [1.29, 1.82) is 0 Å². The number of halogens is 2. The number of aliphatic hydroxyl groups is 1. The van der Waals surface area contributed by atoms with Crippen molar-refractivity contribution < 1.29 is 18.7 Å². The lowest BCUT2D eigenvalue weighted by atomic mass is 9.93. The maximum absolute atomic E-state index is 13.6. The van der Waals surface area contributed by atoms with E-state index in [9.17, 15) is 18.7 Å². The third-order valence-electron chi connectivity index (χ3n) is 7.58. The Morgan fingerprint density at radius 3 is 2.39 bits per heavy atom. The SMILES string of the molecule is Cc1cc(N2CCC(F)(F)CC2)nc(NC(=O)c2ccc(SCCO)cc2N2CCC3(CC2)CC3)n1. The summed E-state index contributed by atoms with van der Waals surface area (Å²) >= 11 is 1.56. The van der Waals surface area contributed by atoms with E-state index in [1.807, 2.05) is 23.1 Å². The molecular weight excluding hydrogens is 484 g/mol. The Hall–Kier alpha value is -2.46. The molecule has 3 fully saturated rings. The van der Waals surface area contributed by atoms with Crippen LogP contribution in [0.25, 0.3) is 0 Å². The van der Waals surface area contributed by atoms with Crippen LogP contribution in [-0.4, -0.2) is 65.4 Å². The van der Waals surface area contributed by atoms with Gasteiger partial charge >= 0.3 is 0 Å². The number of piperidine rings is 2. The fourth-order valence-electron chi connectivity index (χ4n) is 5.12. The number of rotatable bonds is 7. The number of nitrogens with zero attached hydrogens (tertiary/aromatic N) is 4. The molecule has 5 rings (SSSR count). The Balaban J connectivity index is 1.36. The first-order valence-electron chi connectivity index (χ1n) is 12.7. The van der Waals surface area contributed by atoms with Gasteiger partial charge in [0.1, 0.15) is 5.82 Å². The van der Waals surface area contributed by atoms with Crippen LogP contribution < -0.4 is 15.1 Å². The van der Waals surface area contributed by atoms with E-state index >= 15 is 0 Å². The number of hydrogen-bond donors (Lipinski definition) is 2. The summed E-state index contributed by atoms with van der Waals surface area (Å²) in [6.45, 7) is 4.16. The summed E-state index contributed by atoms with van der Waals surface area (Å²) in [4.78, 5) is 27.4. The van der Waals surface area contributed by atoms with Gasteiger partial charge in [0.2, 0.25) is 5.95 Å². The molecule has 194 valence electrons. The summed E-state index contributed by atoms with van der Waals surface area (Å²) in [5, 5.41) is 12.1. The molecule has 2 aromatic rings. The standard InChI is InChI=1S/C26H33F2N5O2S/c1-18-16-22(33-12-8-26(27,28)9-13-33)30-24(29-18)31-23(35)20-3-2-19(36-15-14-34)17-21(20)32-10-6-25(4-5-25)7-11-32/h2-3,16-17,34H,4-15H2,1H3,(H,29,30,31,35). The second kappa shape index (κ2) is 10.1. The summed E-state index contributed by atoms with van der Waals surface area (Å²) in [6, 6.07) is 7.53. The van der Waals surface area contributed by atoms with Crippen molar-refractivity contribution in [3.63, 3.8) is 0 Å². The number of carbonyl (C=O) groups is 1. The van der Waals surface area contributed by atoms with Crippen LogP contribution in [0, 0.1) is 12.3 Å². The first kappa shape index (κ1) is 25.2. The summed E-state index contributed by atoms with van der Waals surface area (Å²) < 4.78 is 27.2. The molecule has 10 heteroatoms. The van der Waals surface area contributed by atoms with E-state index < -0.39 is 5.92 Å². The number of aryl methyl sites for hydroxylation is 1. The summed E-state index contributed by atoms with van der Waals surface area (Å²) in [5.74, 6) is -1.61. The number of alkyl halides is 2. The van der Waals surface area contributed by atoms with Gasteiger partial charge in [0.25, 0.3) is 11.8 Å². The molecule has 36 heavy (non-hydrogen) atoms. The van der Waals surface area contributed by atoms with Crippen molar-refractivity contribution in [2.75, 3.05) is 53.7 Å². The molecule has 3 heterocycles. The highest BCUT2D eigenvalue weighted by Gasteiger charge is 2.44. The molecular formula is C26H33F2N5O2S. The van der Waals surface area contributed by atoms with Gasteiger partial charge in [-0.05, 0) is 56.2 Å². The molecule has 3 aliphatic rings. The number of carbonyl (C=O) groups excluding carboxylic acids is 1. The zero-order valence-electron chi connectivity index (χ0n) is 20.6. The largest absolute Gasteiger partial charge is 0.396 e. The molecule has 0 unspecified atom stereocenters. The number of amides is 1. The predicted molar refractivity (Wildman–Crippen MR) is 138 cm³/mol. The van der Waals surface area contributed by atoms with E-state index in [1.165, 1.54) is 12.8 Å². The quantitative estimate of drug-likeness (QED) is 0.514. The molecule has 0 radical (unpaired) electrons. The molecule has 2 aliphatic heterocycles. The van der Waals surface area contributed by atoms with Crippen molar-refractivity contribution in [2.45, 2.75) is 56.3 Å². The molecule has 1 amide bonds. The fraction of sp³-hybridized carbons (Fsp3) is 0.577. The maximum Gasteiger partial charge on any atom is 0.260 e. The van der Waals surface area contributed by atoms with Crippen LogP contribution >= 0.6 is 11.8 Å². The highest BCUT2D eigenvalue weighted by atomic mass is 32.2. The number of thioether (sulfide) groups is 1. The van der Waals surface area contributed by atoms with Gasteiger partial charge in [0, 0.05) is 61.4 Å². The minimum atomic E-state index is -2.64. The average Bonchev–Trinajstić information content (AvgIpc) is 3.61. The van der Waals surface area contributed by atoms with Gasteiger partial charge in [-0.15, -0.1) is 11.8 Å². The van der Waals surface area contributed by atoms with Gasteiger partial charge in [0.05, 0.1) is 17.9 Å². The molecule has 1 aliphatic carbocycles. The van der Waals surface area contributed by atoms with Crippen LogP contribution in [0.1, 0.15) is 54.6 Å². The smallest absolute Gasteiger partial charge is 0.260 e. The van der Waals surface area contributed by atoms with Crippen LogP contribution in [0.4, 0.5) is 26.2 Å². The molecule has 1 aromatic carbocycles. The van der Waals surface area contributed by atoms with Gasteiger partial charge in [-0.1, -0.05) is 0 Å². The minimum absolute atomic E-state index is 0.0934. The van der Waals surface area contributed by atoms with E-state index in [0.29, 0.717) is 28.2 Å². The number of aromatic nitrogens is 2. The third-order valence-corrected chi connectivity index (χ3v) is 8.55. The molecule has 0 bridgehead atoms. The lowest BCUT2D eigenvalue weighted by Crippen LogP contribution is -2.40. The predicted octanol–water partition coefficient (Wildman–Crippen LogP) is 4.74. The van der Waals surface area contributed by atoms with Crippen LogP contribution in [-0.2, 0) is 0 Å². The van der Waals surface area contributed by atoms with E-state index in [-0.39, 0.29) is 44.4 Å². The van der Waals surface area contributed by atoms with E-state index in [4.69, 9.17) is 0 Å². The lowest BCUT2D eigenvalue weighted by molar-refractivity contribution is -0.0221. The van der Waals surface area contributed by atoms with Gasteiger partial charge < -0.3 is 14.9 Å². The average molecular weight is 518 g/mol. The lowest BCUT2D eigenvalue weighted by Gasteiger charge is -2.35. The zero-order chi connectivity index (χ0) is 25.3.